The third-order valence-electron chi connectivity index (χ3n) is 4.61. The van der Waals surface area contributed by atoms with E-state index in [0.29, 0.717) is 12.0 Å². The number of aromatic hydroxyl groups is 1. The number of benzene rings is 1. The van der Waals surface area contributed by atoms with Gasteiger partial charge >= 0.3 is 11.9 Å². The van der Waals surface area contributed by atoms with E-state index in [-0.39, 0.29) is 18.3 Å². The van der Waals surface area contributed by atoms with Gasteiger partial charge in [0.2, 0.25) is 6.29 Å². The number of esters is 2. The molecule has 1 aromatic carbocycles. The van der Waals surface area contributed by atoms with Crippen molar-refractivity contribution in [3.05, 3.63) is 35.9 Å². The minimum absolute atomic E-state index is 0.0797. The van der Waals surface area contributed by atoms with Crippen LogP contribution in [0.3, 0.4) is 0 Å². The topological polar surface area (TPSA) is 143 Å². The van der Waals surface area contributed by atoms with Crippen LogP contribution in [0.1, 0.15) is 25.8 Å². The summed E-state index contributed by atoms with van der Waals surface area (Å²) in [5, 5.41) is 39.3. The summed E-state index contributed by atoms with van der Waals surface area (Å²) in [5.41, 5.74) is 0.621. The van der Waals surface area contributed by atoms with Gasteiger partial charge in [0.1, 0.15) is 36.8 Å². The summed E-state index contributed by atoms with van der Waals surface area (Å²) in [6.45, 7) is 3.13. The first-order valence-corrected chi connectivity index (χ1v) is 9.27. The van der Waals surface area contributed by atoms with Crippen LogP contribution in [0.5, 0.6) is 5.75 Å². The van der Waals surface area contributed by atoms with Crippen molar-refractivity contribution in [3.8, 4) is 5.75 Å². The second kappa shape index (κ2) is 10.4. The van der Waals surface area contributed by atoms with E-state index in [1.54, 1.807) is 19.1 Å². The van der Waals surface area contributed by atoms with Crippen LogP contribution in [0.4, 0.5) is 0 Å². The Morgan fingerprint density at radius 3 is 2.41 bits per heavy atom. The molecule has 4 N–H and O–H groups in total. The third-order valence-corrected chi connectivity index (χ3v) is 4.61. The Balaban J connectivity index is 1.96. The largest absolute Gasteiger partial charge is 0.508 e. The SMILES string of the molecule is CCC(C)C(=O)OC[C@H]1O[C@@H](OC(=O)/C=C/c2ccc(O)cc2)[C@H](O)[C@@H](O)[C@@H]1O. The Labute approximate surface area is 168 Å². The van der Waals surface area contributed by atoms with Crippen LogP contribution in [0.15, 0.2) is 30.3 Å². The molecule has 1 unspecified atom stereocenters. The van der Waals surface area contributed by atoms with E-state index in [1.165, 1.54) is 18.2 Å². The van der Waals surface area contributed by atoms with E-state index in [9.17, 15) is 30.0 Å². The van der Waals surface area contributed by atoms with E-state index in [4.69, 9.17) is 14.2 Å². The summed E-state index contributed by atoms with van der Waals surface area (Å²) < 4.78 is 15.4. The Kier molecular flexibility index (Phi) is 8.15. The number of hydrogen-bond donors (Lipinski definition) is 4. The second-order valence-corrected chi connectivity index (χ2v) is 6.82. The molecule has 1 fully saturated rings. The molecule has 0 aliphatic carbocycles. The average molecular weight is 410 g/mol. The molecule has 9 nitrogen and oxygen atoms in total. The first kappa shape index (κ1) is 22.8. The molecule has 1 saturated heterocycles. The van der Waals surface area contributed by atoms with Crippen molar-refractivity contribution in [1.82, 2.24) is 0 Å². The zero-order valence-corrected chi connectivity index (χ0v) is 16.2. The van der Waals surface area contributed by atoms with Gasteiger partial charge in [0.05, 0.1) is 5.92 Å². The van der Waals surface area contributed by atoms with E-state index in [0.717, 1.165) is 6.08 Å². The van der Waals surface area contributed by atoms with Crippen molar-refractivity contribution < 1.29 is 44.2 Å². The Morgan fingerprint density at radius 2 is 1.79 bits per heavy atom. The lowest BCUT2D eigenvalue weighted by atomic mass is 9.99. The number of aliphatic hydroxyl groups is 3. The van der Waals surface area contributed by atoms with Crippen LogP contribution in [-0.2, 0) is 23.8 Å². The van der Waals surface area contributed by atoms with Gasteiger partial charge in [-0.25, -0.2) is 4.79 Å². The fourth-order valence-electron chi connectivity index (χ4n) is 2.53. The van der Waals surface area contributed by atoms with Crippen molar-refractivity contribution >= 4 is 18.0 Å². The van der Waals surface area contributed by atoms with Crippen LogP contribution in [-0.4, -0.2) is 69.7 Å². The van der Waals surface area contributed by atoms with Crippen molar-refractivity contribution in [3.63, 3.8) is 0 Å². The van der Waals surface area contributed by atoms with Crippen molar-refractivity contribution in [2.45, 2.75) is 51.0 Å². The summed E-state index contributed by atoms with van der Waals surface area (Å²) in [6.07, 6.45) is -4.53. The zero-order chi connectivity index (χ0) is 21.6. The van der Waals surface area contributed by atoms with Crippen molar-refractivity contribution in [2.75, 3.05) is 6.61 Å². The van der Waals surface area contributed by atoms with Crippen LogP contribution >= 0.6 is 0 Å². The van der Waals surface area contributed by atoms with E-state index < -0.39 is 42.6 Å². The molecular formula is C20H26O9. The first-order valence-electron chi connectivity index (χ1n) is 9.27. The zero-order valence-electron chi connectivity index (χ0n) is 16.2. The fraction of sp³-hybridized carbons (Fsp3) is 0.500. The fourth-order valence-corrected chi connectivity index (χ4v) is 2.53. The minimum Gasteiger partial charge on any atom is -0.508 e. The van der Waals surface area contributed by atoms with Gasteiger partial charge in [-0.2, -0.15) is 0 Å². The number of carbonyl (C=O) groups excluding carboxylic acids is 2. The molecule has 1 aliphatic rings. The van der Waals surface area contributed by atoms with Crippen LogP contribution < -0.4 is 0 Å². The maximum Gasteiger partial charge on any atom is 0.333 e. The number of ether oxygens (including phenoxy) is 3. The molecule has 0 spiro atoms. The summed E-state index contributed by atoms with van der Waals surface area (Å²) in [6, 6.07) is 6.05. The highest BCUT2D eigenvalue weighted by Gasteiger charge is 2.46. The maximum absolute atomic E-state index is 12.0. The van der Waals surface area contributed by atoms with Gasteiger partial charge in [-0.05, 0) is 30.2 Å². The molecule has 1 aliphatic heterocycles. The summed E-state index contributed by atoms with van der Waals surface area (Å²) in [7, 11) is 0. The van der Waals surface area contributed by atoms with Gasteiger partial charge in [-0.3, -0.25) is 4.79 Å². The number of phenolic OH excluding ortho intramolecular Hbond substituents is 1. The minimum atomic E-state index is -1.68. The van der Waals surface area contributed by atoms with Crippen molar-refractivity contribution in [2.24, 2.45) is 5.92 Å². The third kappa shape index (κ3) is 6.26. The van der Waals surface area contributed by atoms with Gasteiger partial charge in [0.25, 0.3) is 0 Å². The first-order chi connectivity index (χ1) is 13.7. The Morgan fingerprint density at radius 1 is 1.14 bits per heavy atom. The van der Waals surface area contributed by atoms with Crippen LogP contribution in [0, 0.1) is 5.92 Å². The quantitative estimate of drug-likeness (QED) is 0.370. The molecule has 1 heterocycles. The van der Waals surface area contributed by atoms with E-state index >= 15 is 0 Å². The monoisotopic (exact) mass is 410 g/mol. The molecule has 1 aromatic rings. The Bertz CT molecular complexity index is 715. The maximum atomic E-state index is 12.0. The highest BCUT2D eigenvalue weighted by Crippen LogP contribution is 2.23. The van der Waals surface area contributed by atoms with E-state index in [2.05, 4.69) is 0 Å². The van der Waals surface area contributed by atoms with E-state index in [1.807, 2.05) is 6.92 Å². The highest BCUT2D eigenvalue weighted by molar-refractivity contribution is 5.87. The normalized spacial score (nSPS) is 28.1. The Hall–Kier alpha value is -2.46. The lowest BCUT2D eigenvalue weighted by Gasteiger charge is -2.39. The molecule has 9 heteroatoms. The van der Waals surface area contributed by atoms with Crippen molar-refractivity contribution in [1.29, 1.82) is 0 Å². The number of hydrogen-bond acceptors (Lipinski definition) is 9. The molecule has 6 atom stereocenters. The predicted molar refractivity (Wildman–Crippen MR) is 100 cm³/mol. The smallest absolute Gasteiger partial charge is 0.333 e. The van der Waals surface area contributed by atoms with Gasteiger partial charge in [-0.15, -0.1) is 0 Å². The summed E-state index contributed by atoms with van der Waals surface area (Å²) in [5.74, 6) is -1.61. The molecule has 0 saturated carbocycles. The molecule has 0 radical (unpaired) electrons. The molecule has 29 heavy (non-hydrogen) atoms. The lowest BCUT2D eigenvalue weighted by molar-refractivity contribution is -0.292. The van der Waals surface area contributed by atoms with Gasteiger partial charge in [0, 0.05) is 6.08 Å². The van der Waals surface area contributed by atoms with Gasteiger partial charge in [0.15, 0.2) is 0 Å². The summed E-state index contributed by atoms with van der Waals surface area (Å²) >= 11 is 0. The van der Waals surface area contributed by atoms with Crippen LogP contribution in [0.2, 0.25) is 0 Å². The predicted octanol–water partition coefficient (Wildman–Crippen LogP) is 0.345. The van der Waals surface area contributed by atoms with Gasteiger partial charge < -0.3 is 34.6 Å². The standard InChI is InChI=1S/C20H26O9/c1-3-11(2)19(26)27-10-14-16(23)17(24)18(25)20(28-14)29-15(22)9-6-12-4-7-13(21)8-5-12/h4-9,11,14,16-18,20-21,23-25H,3,10H2,1-2H3/b9-6+/t11?,14-,16-,17+,18-,20+/m1/s1. The molecule has 0 aromatic heterocycles. The molecular weight excluding hydrogens is 384 g/mol. The molecule has 2 rings (SSSR count). The average Bonchev–Trinajstić information content (AvgIpc) is 2.71. The molecule has 0 amide bonds. The highest BCUT2D eigenvalue weighted by atomic mass is 16.7. The van der Waals surface area contributed by atoms with Gasteiger partial charge in [-0.1, -0.05) is 26.0 Å². The van der Waals surface area contributed by atoms with Crippen LogP contribution in [0.25, 0.3) is 6.08 Å². The molecule has 0 bridgehead atoms. The lowest BCUT2D eigenvalue weighted by Crippen LogP contribution is -2.59. The number of carbonyl (C=O) groups is 2. The number of rotatable bonds is 7. The number of phenols is 1. The summed E-state index contributed by atoms with van der Waals surface area (Å²) in [4.78, 5) is 23.8. The second-order valence-electron chi connectivity index (χ2n) is 6.82. The number of aliphatic hydroxyl groups excluding tert-OH is 3. The molecule has 160 valence electrons.